The molecule has 9 heteroatoms. The summed E-state index contributed by atoms with van der Waals surface area (Å²) in [7, 11) is 1.31. The molecule has 30 heavy (non-hydrogen) atoms. The molecule has 0 saturated carbocycles. The van der Waals surface area contributed by atoms with Gasteiger partial charge in [-0.25, -0.2) is 4.79 Å². The maximum atomic E-state index is 12.8. The lowest BCUT2D eigenvalue weighted by molar-refractivity contribution is -0.137. The lowest BCUT2D eigenvalue weighted by Gasteiger charge is -2.37. The van der Waals surface area contributed by atoms with E-state index in [4.69, 9.17) is 9.39 Å². The molecule has 0 spiro atoms. The Morgan fingerprint density at radius 1 is 1.03 bits per heavy atom. The van der Waals surface area contributed by atoms with Crippen LogP contribution in [0.1, 0.15) is 43.6 Å². The molecule has 0 amide bonds. The number of benzene rings is 2. The van der Waals surface area contributed by atoms with Crippen molar-refractivity contribution in [1.82, 2.24) is 0 Å². The van der Waals surface area contributed by atoms with Crippen molar-refractivity contribution in [2.75, 3.05) is 12.4 Å². The van der Waals surface area contributed by atoms with Gasteiger partial charge in [0, 0.05) is 11.4 Å². The lowest BCUT2D eigenvalue weighted by Crippen LogP contribution is -2.49. The highest BCUT2D eigenvalue weighted by atomic mass is 19.4. The first-order valence-corrected chi connectivity index (χ1v) is 9.26. The average molecular weight is 423 g/mol. The summed E-state index contributed by atoms with van der Waals surface area (Å²) in [6.45, 7) is 6.72. The van der Waals surface area contributed by atoms with E-state index in [0.717, 1.165) is 12.1 Å². The number of halogens is 3. The van der Waals surface area contributed by atoms with E-state index in [9.17, 15) is 23.1 Å². The molecule has 5 nitrogen and oxygen atoms in total. The third-order valence-electron chi connectivity index (χ3n) is 5.08. The summed E-state index contributed by atoms with van der Waals surface area (Å²) in [6, 6.07) is 9.36. The quantitative estimate of drug-likeness (QED) is 0.524. The van der Waals surface area contributed by atoms with Crippen molar-refractivity contribution in [2.24, 2.45) is 0 Å². The van der Waals surface area contributed by atoms with Crippen LogP contribution in [0.15, 0.2) is 42.5 Å². The minimum atomic E-state index is -4.41. The van der Waals surface area contributed by atoms with E-state index in [-0.39, 0.29) is 7.48 Å². The van der Waals surface area contributed by atoms with Crippen LogP contribution in [0, 0.1) is 0 Å². The molecular formula is C21H25BF3NO4. The molecule has 0 atom stereocenters. The highest BCUT2D eigenvalue weighted by Gasteiger charge is 2.36. The van der Waals surface area contributed by atoms with Crippen LogP contribution in [0.3, 0.4) is 0 Å². The number of carbonyl (C=O) groups is 1. The maximum Gasteiger partial charge on any atom is 0.416 e. The second-order valence-corrected chi connectivity index (χ2v) is 7.92. The van der Waals surface area contributed by atoms with Gasteiger partial charge in [0.1, 0.15) is 0 Å². The first-order valence-electron chi connectivity index (χ1n) is 9.26. The standard InChI is InChI=1S/C21H25BF3NO4/c1-19(2,28)20(3,4)30-22-16-12-13(18(27)29-5)6-11-17(16)26-15-9-7-14(8-10-15)21(23,24)25/h6-12,22,26,28H,1-5H3. The van der Waals surface area contributed by atoms with Crippen LogP contribution in [0.4, 0.5) is 24.5 Å². The minimum absolute atomic E-state index is 0.0464. The van der Waals surface area contributed by atoms with E-state index in [1.165, 1.54) is 19.2 Å². The zero-order chi connectivity index (χ0) is 22.7. The molecule has 0 fully saturated rings. The van der Waals surface area contributed by atoms with Gasteiger partial charge >= 0.3 is 19.6 Å². The summed E-state index contributed by atoms with van der Waals surface area (Å²) in [5.74, 6) is -0.529. The van der Waals surface area contributed by atoms with E-state index in [1.807, 2.05) is 0 Å². The summed E-state index contributed by atoms with van der Waals surface area (Å²) < 4.78 is 49.0. The molecule has 2 N–H and O–H groups in total. The number of nitrogens with one attached hydrogen (secondary N) is 1. The number of alkyl halides is 3. The number of rotatable bonds is 7. The molecule has 0 radical (unpaired) electrons. The molecule has 0 heterocycles. The van der Waals surface area contributed by atoms with Crippen molar-refractivity contribution in [3.8, 4) is 0 Å². The van der Waals surface area contributed by atoms with Crippen LogP contribution in [-0.2, 0) is 15.6 Å². The van der Waals surface area contributed by atoms with Gasteiger partial charge in [-0.05, 0) is 75.6 Å². The van der Waals surface area contributed by atoms with Crippen LogP contribution >= 0.6 is 0 Å². The van der Waals surface area contributed by atoms with E-state index in [0.29, 0.717) is 22.4 Å². The molecule has 0 unspecified atom stereocenters. The van der Waals surface area contributed by atoms with Gasteiger partial charge < -0.3 is 19.8 Å². The van der Waals surface area contributed by atoms with Gasteiger partial charge in [-0.2, -0.15) is 13.2 Å². The number of aliphatic hydroxyl groups is 1. The van der Waals surface area contributed by atoms with E-state index < -0.39 is 28.9 Å². The largest absolute Gasteiger partial charge is 0.465 e. The molecule has 2 aromatic carbocycles. The van der Waals surface area contributed by atoms with Gasteiger partial charge in [0.25, 0.3) is 0 Å². The van der Waals surface area contributed by atoms with Gasteiger partial charge in [0.05, 0.1) is 29.4 Å². The lowest BCUT2D eigenvalue weighted by atomic mass is 9.81. The zero-order valence-corrected chi connectivity index (χ0v) is 17.6. The van der Waals surface area contributed by atoms with Crippen LogP contribution in [0.2, 0.25) is 0 Å². The number of anilines is 2. The Morgan fingerprint density at radius 3 is 2.13 bits per heavy atom. The summed E-state index contributed by atoms with van der Waals surface area (Å²) in [6.07, 6.45) is -4.41. The van der Waals surface area contributed by atoms with Crippen LogP contribution < -0.4 is 10.8 Å². The summed E-state index contributed by atoms with van der Waals surface area (Å²) in [5.41, 5.74) is -0.908. The van der Waals surface area contributed by atoms with E-state index >= 15 is 0 Å². The van der Waals surface area contributed by atoms with Crippen LogP contribution in [0.25, 0.3) is 0 Å². The first-order chi connectivity index (χ1) is 13.7. The van der Waals surface area contributed by atoms with Crippen molar-refractivity contribution in [3.05, 3.63) is 53.6 Å². The van der Waals surface area contributed by atoms with Crippen molar-refractivity contribution in [1.29, 1.82) is 0 Å². The fraction of sp³-hybridized carbons (Fsp3) is 0.381. The van der Waals surface area contributed by atoms with Gasteiger partial charge in [-0.3, -0.25) is 0 Å². The number of esters is 1. The number of methoxy groups -OCH3 is 1. The predicted octanol–water partition coefficient (Wildman–Crippen LogP) is 3.78. The third kappa shape index (κ3) is 5.76. The Bertz CT molecular complexity index is 891. The molecule has 2 aromatic rings. The Balaban J connectivity index is 2.33. The SMILES string of the molecule is COC(=O)c1ccc(Nc2ccc(C(F)(F)F)cc2)c(BOC(C)(C)C(C)(C)O)c1. The summed E-state index contributed by atoms with van der Waals surface area (Å²) in [5, 5.41) is 13.3. The molecule has 0 aliphatic heterocycles. The average Bonchev–Trinajstić information content (AvgIpc) is 2.65. The zero-order valence-electron chi connectivity index (χ0n) is 17.6. The highest BCUT2D eigenvalue weighted by Crippen LogP contribution is 2.30. The molecule has 0 aromatic heterocycles. The maximum absolute atomic E-state index is 12.8. The molecule has 162 valence electrons. The monoisotopic (exact) mass is 423 g/mol. The Labute approximate surface area is 174 Å². The predicted molar refractivity (Wildman–Crippen MR) is 111 cm³/mol. The topological polar surface area (TPSA) is 67.8 Å². The second-order valence-electron chi connectivity index (χ2n) is 7.92. The Morgan fingerprint density at radius 2 is 1.63 bits per heavy atom. The number of carbonyl (C=O) groups excluding carboxylic acids is 1. The van der Waals surface area contributed by atoms with Crippen molar-refractivity contribution in [2.45, 2.75) is 45.1 Å². The Hall–Kier alpha value is -2.52. The molecule has 0 aliphatic rings. The van der Waals surface area contributed by atoms with Crippen molar-refractivity contribution < 1.29 is 32.5 Å². The summed E-state index contributed by atoms with van der Waals surface area (Å²) in [4.78, 5) is 11.9. The van der Waals surface area contributed by atoms with Crippen LogP contribution in [-0.4, -0.2) is 36.9 Å². The molecular weight excluding hydrogens is 398 g/mol. The minimum Gasteiger partial charge on any atom is -0.465 e. The second kappa shape index (κ2) is 8.69. The molecule has 0 aliphatic carbocycles. The normalized spacial score (nSPS) is 12.4. The molecule has 0 saturated heterocycles. The van der Waals surface area contributed by atoms with Gasteiger partial charge in [0.15, 0.2) is 0 Å². The van der Waals surface area contributed by atoms with Gasteiger partial charge in [-0.15, -0.1) is 0 Å². The third-order valence-corrected chi connectivity index (χ3v) is 5.08. The fourth-order valence-electron chi connectivity index (χ4n) is 2.41. The Kier molecular flexibility index (Phi) is 6.88. The number of hydrogen-bond acceptors (Lipinski definition) is 5. The van der Waals surface area contributed by atoms with E-state index in [2.05, 4.69) is 5.32 Å². The first kappa shape index (κ1) is 23.8. The number of hydrogen-bond donors (Lipinski definition) is 2. The fourth-order valence-corrected chi connectivity index (χ4v) is 2.41. The molecule has 0 bridgehead atoms. The van der Waals surface area contributed by atoms with Crippen molar-refractivity contribution in [3.63, 3.8) is 0 Å². The van der Waals surface area contributed by atoms with Gasteiger partial charge in [-0.1, -0.05) is 0 Å². The number of ether oxygens (including phenoxy) is 1. The highest BCUT2D eigenvalue weighted by molar-refractivity contribution is 6.50. The van der Waals surface area contributed by atoms with Crippen LogP contribution in [0.5, 0.6) is 0 Å². The molecule has 2 rings (SSSR count). The summed E-state index contributed by atoms with van der Waals surface area (Å²) >= 11 is 0. The smallest absolute Gasteiger partial charge is 0.416 e. The van der Waals surface area contributed by atoms with E-state index in [1.54, 1.807) is 45.9 Å². The van der Waals surface area contributed by atoms with Crippen molar-refractivity contribution >= 4 is 30.3 Å². The van der Waals surface area contributed by atoms with Gasteiger partial charge in [0.2, 0.25) is 0 Å².